The second-order valence-corrected chi connectivity index (χ2v) is 3.60. The van der Waals surface area contributed by atoms with Crippen molar-refractivity contribution in [3.63, 3.8) is 0 Å². The molecule has 1 heterocycles. The average Bonchev–Trinajstić information content (AvgIpc) is 2.71. The number of hydrogen-bond acceptors (Lipinski definition) is 2. The lowest BCUT2D eigenvalue weighted by atomic mass is 10.1. The van der Waals surface area contributed by atoms with Crippen LogP contribution >= 0.6 is 0 Å². The summed E-state index contributed by atoms with van der Waals surface area (Å²) in [5.41, 5.74) is 1.69. The Morgan fingerprint density at radius 1 is 1.31 bits per heavy atom. The van der Waals surface area contributed by atoms with Crippen LogP contribution in [0.2, 0.25) is 0 Å². The molecule has 3 heteroatoms. The summed E-state index contributed by atoms with van der Waals surface area (Å²) in [6.45, 7) is 5.20. The van der Waals surface area contributed by atoms with Gasteiger partial charge in [-0.3, -0.25) is 0 Å². The Morgan fingerprint density at radius 2 is 2.12 bits per heavy atom. The number of fused-ring (bicyclic) bond motifs is 1. The summed E-state index contributed by atoms with van der Waals surface area (Å²) in [5, 5.41) is 1.15. The van der Waals surface area contributed by atoms with Crippen molar-refractivity contribution in [1.29, 1.82) is 0 Å². The molecule has 0 unspecified atom stereocenters. The number of esters is 1. The zero-order valence-electron chi connectivity index (χ0n) is 9.56. The van der Waals surface area contributed by atoms with Crippen molar-refractivity contribution in [2.75, 3.05) is 6.61 Å². The molecule has 3 nitrogen and oxygen atoms in total. The number of rotatable bonds is 3. The number of aromatic nitrogens is 1. The van der Waals surface area contributed by atoms with Crippen molar-refractivity contribution in [3.8, 4) is 0 Å². The van der Waals surface area contributed by atoms with E-state index < -0.39 is 0 Å². The van der Waals surface area contributed by atoms with Gasteiger partial charge in [-0.15, -0.1) is 0 Å². The van der Waals surface area contributed by atoms with Crippen LogP contribution in [0.3, 0.4) is 0 Å². The molecule has 2 rings (SSSR count). The quantitative estimate of drug-likeness (QED) is 0.740. The van der Waals surface area contributed by atoms with E-state index in [0.717, 1.165) is 17.4 Å². The standard InChI is InChI=1S/C13H15NO2/c1-3-14-8-7-10-5-6-11(9-12(10)14)13(15)16-4-2/h5-9H,3-4H2,1-2H3. The minimum Gasteiger partial charge on any atom is -0.462 e. The van der Waals surface area contributed by atoms with Gasteiger partial charge in [0.1, 0.15) is 0 Å². The van der Waals surface area contributed by atoms with Crippen LogP contribution in [-0.4, -0.2) is 17.1 Å². The molecule has 0 saturated heterocycles. The van der Waals surface area contributed by atoms with Gasteiger partial charge < -0.3 is 9.30 Å². The van der Waals surface area contributed by atoms with Gasteiger partial charge in [-0.25, -0.2) is 4.79 Å². The van der Waals surface area contributed by atoms with Crippen molar-refractivity contribution < 1.29 is 9.53 Å². The van der Waals surface area contributed by atoms with Crippen molar-refractivity contribution >= 4 is 16.9 Å². The second kappa shape index (κ2) is 4.39. The van der Waals surface area contributed by atoms with Gasteiger partial charge in [0.2, 0.25) is 0 Å². The monoisotopic (exact) mass is 217 g/mol. The molecule has 84 valence electrons. The zero-order valence-corrected chi connectivity index (χ0v) is 9.56. The molecule has 0 aliphatic heterocycles. The first-order valence-electron chi connectivity index (χ1n) is 5.52. The highest BCUT2D eigenvalue weighted by Gasteiger charge is 2.08. The van der Waals surface area contributed by atoms with Gasteiger partial charge in [-0.05, 0) is 37.4 Å². The normalized spacial score (nSPS) is 10.6. The van der Waals surface area contributed by atoms with E-state index in [9.17, 15) is 4.79 Å². The van der Waals surface area contributed by atoms with Crippen LogP contribution in [0, 0.1) is 0 Å². The van der Waals surface area contributed by atoms with E-state index in [0.29, 0.717) is 12.2 Å². The molecule has 0 bridgehead atoms. The lowest BCUT2D eigenvalue weighted by Gasteiger charge is -2.04. The molecular weight excluding hydrogens is 202 g/mol. The summed E-state index contributed by atoms with van der Waals surface area (Å²) in [6.07, 6.45) is 2.03. The molecule has 0 amide bonds. The summed E-state index contributed by atoms with van der Waals surface area (Å²) < 4.78 is 7.09. The number of carbonyl (C=O) groups is 1. The molecule has 0 aliphatic carbocycles. The third-order valence-corrected chi connectivity index (χ3v) is 2.63. The first-order chi connectivity index (χ1) is 7.76. The highest BCUT2D eigenvalue weighted by Crippen LogP contribution is 2.18. The van der Waals surface area contributed by atoms with Crippen LogP contribution in [-0.2, 0) is 11.3 Å². The Balaban J connectivity index is 2.45. The van der Waals surface area contributed by atoms with Crippen LogP contribution in [0.1, 0.15) is 24.2 Å². The lowest BCUT2D eigenvalue weighted by Crippen LogP contribution is -2.04. The fourth-order valence-electron chi connectivity index (χ4n) is 1.80. The Bertz CT molecular complexity index is 514. The van der Waals surface area contributed by atoms with Gasteiger partial charge in [0, 0.05) is 18.3 Å². The highest BCUT2D eigenvalue weighted by molar-refractivity contribution is 5.94. The molecule has 0 atom stereocenters. The second-order valence-electron chi connectivity index (χ2n) is 3.60. The van der Waals surface area contributed by atoms with E-state index in [2.05, 4.69) is 11.5 Å². The van der Waals surface area contributed by atoms with E-state index in [-0.39, 0.29) is 5.97 Å². The van der Waals surface area contributed by atoms with Crippen molar-refractivity contribution in [2.45, 2.75) is 20.4 Å². The Kier molecular flexibility index (Phi) is 2.95. The molecular formula is C13H15NO2. The third kappa shape index (κ3) is 1.81. The Hall–Kier alpha value is -1.77. The first kappa shape index (κ1) is 10.7. The SMILES string of the molecule is CCOC(=O)c1ccc2ccn(CC)c2c1. The smallest absolute Gasteiger partial charge is 0.338 e. The summed E-state index contributed by atoms with van der Waals surface area (Å²) in [5.74, 6) is -0.256. The number of benzene rings is 1. The molecule has 0 aliphatic rings. The molecule has 0 spiro atoms. The number of nitrogens with zero attached hydrogens (tertiary/aromatic N) is 1. The summed E-state index contributed by atoms with van der Waals surface area (Å²) in [7, 11) is 0. The van der Waals surface area contributed by atoms with Crippen LogP contribution in [0.4, 0.5) is 0 Å². The maximum absolute atomic E-state index is 11.6. The van der Waals surface area contributed by atoms with E-state index >= 15 is 0 Å². The minimum atomic E-state index is -0.256. The predicted molar refractivity (Wildman–Crippen MR) is 63.6 cm³/mol. The minimum absolute atomic E-state index is 0.256. The van der Waals surface area contributed by atoms with E-state index in [1.165, 1.54) is 0 Å². The maximum atomic E-state index is 11.6. The van der Waals surface area contributed by atoms with Crippen molar-refractivity contribution in [1.82, 2.24) is 4.57 Å². The number of aryl methyl sites for hydroxylation is 1. The Morgan fingerprint density at radius 3 is 2.81 bits per heavy atom. The molecule has 1 aromatic carbocycles. The molecule has 16 heavy (non-hydrogen) atoms. The number of ether oxygens (including phenoxy) is 1. The van der Waals surface area contributed by atoms with Gasteiger partial charge in [0.25, 0.3) is 0 Å². The lowest BCUT2D eigenvalue weighted by molar-refractivity contribution is 0.0526. The molecule has 2 aromatic rings. The zero-order chi connectivity index (χ0) is 11.5. The van der Waals surface area contributed by atoms with Crippen LogP contribution in [0.5, 0.6) is 0 Å². The highest BCUT2D eigenvalue weighted by atomic mass is 16.5. The summed E-state index contributed by atoms with van der Waals surface area (Å²) in [4.78, 5) is 11.6. The van der Waals surface area contributed by atoms with E-state index in [4.69, 9.17) is 4.74 Å². The Labute approximate surface area is 94.6 Å². The average molecular weight is 217 g/mol. The molecule has 0 fully saturated rings. The predicted octanol–water partition coefficient (Wildman–Crippen LogP) is 2.84. The number of hydrogen-bond donors (Lipinski definition) is 0. The molecule has 0 N–H and O–H groups in total. The fourth-order valence-corrected chi connectivity index (χ4v) is 1.80. The van der Waals surface area contributed by atoms with Crippen molar-refractivity contribution in [2.24, 2.45) is 0 Å². The van der Waals surface area contributed by atoms with Gasteiger partial charge >= 0.3 is 5.97 Å². The van der Waals surface area contributed by atoms with Gasteiger partial charge in [0.15, 0.2) is 0 Å². The number of carbonyl (C=O) groups excluding carboxylic acids is 1. The summed E-state index contributed by atoms with van der Waals surface area (Å²) in [6, 6.07) is 7.69. The van der Waals surface area contributed by atoms with Crippen LogP contribution < -0.4 is 0 Å². The van der Waals surface area contributed by atoms with E-state index in [1.807, 2.05) is 31.3 Å². The first-order valence-corrected chi connectivity index (χ1v) is 5.52. The maximum Gasteiger partial charge on any atom is 0.338 e. The summed E-state index contributed by atoms with van der Waals surface area (Å²) >= 11 is 0. The van der Waals surface area contributed by atoms with Crippen molar-refractivity contribution in [3.05, 3.63) is 36.0 Å². The largest absolute Gasteiger partial charge is 0.462 e. The third-order valence-electron chi connectivity index (χ3n) is 2.63. The van der Waals surface area contributed by atoms with Crippen LogP contribution in [0.15, 0.2) is 30.5 Å². The molecule has 0 saturated carbocycles. The van der Waals surface area contributed by atoms with E-state index in [1.54, 1.807) is 6.07 Å². The van der Waals surface area contributed by atoms with Gasteiger partial charge in [-0.1, -0.05) is 6.07 Å². The van der Waals surface area contributed by atoms with Gasteiger partial charge in [0.05, 0.1) is 12.2 Å². The van der Waals surface area contributed by atoms with Gasteiger partial charge in [-0.2, -0.15) is 0 Å². The molecule has 0 radical (unpaired) electrons. The molecule has 1 aromatic heterocycles. The topological polar surface area (TPSA) is 31.2 Å². The van der Waals surface area contributed by atoms with Crippen LogP contribution in [0.25, 0.3) is 10.9 Å². The fraction of sp³-hybridized carbons (Fsp3) is 0.308.